The van der Waals surface area contributed by atoms with Gasteiger partial charge in [0.2, 0.25) is 0 Å². The third-order valence-corrected chi connectivity index (χ3v) is 3.71. The summed E-state index contributed by atoms with van der Waals surface area (Å²) >= 11 is 4.60. The summed E-state index contributed by atoms with van der Waals surface area (Å²) in [6.07, 6.45) is 1.86. The molecule has 0 aliphatic heterocycles. The Morgan fingerprint density at radius 1 is 1.24 bits per heavy atom. The summed E-state index contributed by atoms with van der Waals surface area (Å²) in [5, 5.41) is 9.33. The maximum absolute atomic E-state index is 9.33. The third kappa shape index (κ3) is 5.21. The maximum atomic E-state index is 9.33. The molecule has 0 bridgehead atoms. The Kier molecular flexibility index (Phi) is 5.85. The van der Waals surface area contributed by atoms with Crippen molar-refractivity contribution in [1.29, 1.82) is 0 Å². The molecule has 0 saturated heterocycles. The van der Waals surface area contributed by atoms with Crippen LogP contribution >= 0.6 is 45.2 Å². The van der Waals surface area contributed by atoms with Gasteiger partial charge in [0.25, 0.3) is 0 Å². The fourth-order valence-electron chi connectivity index (χ4n) is 1.37. The van der Waals surface area contributed by atoms with Crippen LogP contribution < -0.4 is 0 Å². The Balaban J connectivity index is 2.89. The highest BCUT2D eigenvalue weighted by Crippen LogP contribution is 2.22. The van der Waals surface area contributed by atoms with Crippen LogP contribution in [-0.4, -0.2) is 24.0 Å². The molecule has 0 heterocycles. The molecule has 2 nitrogen and oxygen atoms in total. The number of aliphatic hydroxyl groups is 1. The number of benzene rings is 1. The molecule has 94 valence electrons. The Morgan fingerprint density at radius 3 is 2.18 bits per heavy atom. The van der Waals surface area contributed by atoms with Crippen molar-refractivity contribution in [1.82, 2.24) is 0 Å². The third-order valence-electron chi connectivity index (χ3n) is 2.46. The maximum Gasteiger partial charge on any atom is 0.0778 e. The Hall–Kier alpha value is 0.310. The summed E-state index contributed by atoms with van der Waals surface area (Å²) in [4.78, 5) is 4.48. The molecule has 0 aromatic heterocycles. The summed E-state index contributed by atoms with van der Waals surface area (Å²) in [7, 11) is 0. The normalized spacial score (nSPS) is 14.2. The molecule has 4 heteroatoms. The van der Waals surface area contributed by atoms with Crippen molar-refractivity contribution in [2.45, 2.75) is 26.8 Å². The predicted octanol–water partition coefficient (Wildman–Crippen LogP) is 3.72. The van der Waals surface area contributed by atoms with E-state index in [2.05, 4.69) is 89.1 Å². The first kappa shape index (κ1) is 15.4. The molecule has 0 amide bonds. The number of nitrogens with zero attached hydrogens (tertiary/aromatic N) is 1. The number of aliphatic imine (C=N–C) groups is 1. The molecule has 1 atom stereocenters. The molecule has 0 unspecified atom stereocenters. The number of rotatable bonds is 3. The second kappa shape index (κ2) is 6.47. The van der Waals surface area contributed by atoms with E-state index < -0.39 is 0 Å². The highest BCUT2D eigenvalue weighted by molar-refractivity contribution is 14.1. The molecule has 0 aliphatic rings. The zero-order chi connectivity index (χ0) is 13.1. The number of hydrogen-bond donors (Lipinski definition) is 1. The van der Waals surface area contributed by atoms with Crippen LogP contribution in [0.15, 0.2) is 23.2 Å². The fourth-order valence-corrected chi connectivity index (χ4v) is 3.36. The van der Waals surface area contributed by atoms with Crippen molar-refractivity contribution in [3.63, 3.8) is 0 Å². The number of hydrogen-bond acceptors (Lipinski definition) is 2. The van der Waals surface area contributed by atoms with Gasteiger partial charge in [0.1, 0.15) is 0 Å². The largest absolute Gasteiger partial charge is 0.394 e. The Labute approximate surface area is 130 Å². The smallest absolute Gasteiger partial charge is 0.0778 e. The molecule has 0 fully saturated rings. The minimum atomic E-state index is -0.0574. The molecule has 0 aliphatic carbocycles. The van der Waals surface area contributed by atoms with Crippen molar-refractivity contribution in [2.75, 3.05) is 6.61 Å². The molecule has 1 aromatic rings. The summed E-state index contributed by atoms with van der Waals surface area (Å²) in [6, 6.07) is 6.23. The molecule has 1 N–H and O–H groups in total. The zero-order valence-corrected chi connectivity index (χ0v) is 14.6. The molecular formula is C13H17I2NO. The first-order chi connectivity index (χ1) is 7.82. The van der Waals surface area contributed by atoms with Crippen LogP contribution in [0.4, 0.5) is 0 Å². The van der Waals surface area contributed by atoms with Gasteiger partial charge in [-0.3, -0.25) is 4.99 Å². The molecule has 0 radical (unpaired) electrons. The molecule has 0 spiro atoms. The van der Waals surface area contributed by atoms with Gasteiger partial charge in [0, 0.05) is 13.4 Å². The van der Waals surface area contributed by atoms with E-state index in [0.717, 1.165) is 5.56 Å². The lowest BCUT2D eigenvalue weighted by molar-refractivity contribution is 0.191. The van der Waals surface area contributed by atoms with Gasteiger partial charge in [-0.25, -0.2) is 0 Å². The van der Waals surface area contributed by atoms with Gasteiger partial charge >= 0.3 is 0 Å². The van der Waals surface area contributed by atoms with Crippen LogP contribution in [0.5, 0.6) is 0 Å². The minimum Gasteiger partial charge on any atom is -0.394 e. The van der Waals surface area contributed by atoms with Crippen molar-refractivity contribution >= 4 is 51.4 Å². The second-order valence-corrected chi connectivity index (χ2v) is 7.54. The second-order valence-electron chi connectivity index (χ2n) is 5.05. The first-order valence-corrected chi connectivity index (χ1v) is 7.59. The van der Waals surface area contributed by atoms with E-state index in [1.165, 1.54) is 7.14 Å². The minimum absolute atomic E-state index is 0.0136. The topological polar surface area (TPSA) is 32.6 Å². The average Bonchev–Trinajstić information content (AvgIpc) is 2.14. The van der Waals surface area contributed by atoms with Crippen molar-refractivity contribution in [3.05, 3.63) is 30.9 Å². The lowest BCUT2D eigenvalue weighted by Crippen LogP contribution is -2.28. The highest BCUT2D eigenvalue weighted by Gasteiger charge is 2.22. The SMILES string of the molecule is CC(C)(C)[C@@H](CO)N=Cc1cc(I)cc(I)c1. The molecule has 1 rings (SSSR count). The van der Waals surface area contributed by atoms with Crippen molar-refractivity contribution in [2.24, 2.45) is 10.4 Å². The summed E-state index contributed by atoms with van der Waals surface area (Å²) in [6.45, 7) is 6.35. The van der Waals surface area contributed by atoms with Gasteiger partial charge in [-0.15, -0.1) is 0 Å². The number of aliphatic hydroxyl groups excluding tert-OH is 1. The van der Waals surface area contributed by atoms with E-state index in [4.69, 9.17) is 0 Å². The predicted molar refractivity (Wildman–Crippen MR) is 89.8 cm³/mol. The van der Waals surface area contributed by atoms with Crippen LogP contribution in [0.1, 0.15) is 26.3 Å². The van der Waals surface area contributed by atoms with Gasteiger partial charge in [0.05, 0.1) is 12.6 Å². The quantitative estimate of drug-likeness (QED) is 0.545. The fraction of sp³-hybridized carbons (Fsp3) is 0.462. The Bertz CT molecular complexity index is 390. The molecule has 17 heavy (non-hydrogen) atoms. The van der Waals surface area contributed by atoms with Gasteiger partial charge in [-0.1, -0.05) is 20.8 Å². The van der Waals surface area contributed by atoms with Crippen LogP contribution in [0.2, 0.25) is 0 Å². The van der Waals surface area contributed by atoms with Crippen LogP contribution in [0.3, 0.4) is 0 Å². The Morgan fingerprint density at radius 2 is 1.76 bits per heavy atom. The number of halogens is 2. The van der Waals surface area contributed by atoms with E-state index >= 15 is 0 Å². The van der Waals surface area contributed by atoms with Crippen LogP contribution in [-0.2, 0) is 0 Å². The van der Waals surface area contributed by atoms with E-state index in [0.29, 0.717) is 0 Å². The molecular weight excluding hydrogens is 440 g/mol. The average molecular weight is 457 g/mol. The van der Waals surface area contributed by atoms with E-state index in [1.807, 2.05) is 6.21 Å². The lowest BCUT2D eigenvalue weighted by Gasteiger charge is -2.25. The summed E-state index contributed by atoms with van der Waals surface area (Å²) in [5.74, 6) is 0. The molecule has 1 aromatic carbocycles. The van der Waals surface area contributed by atoms with Gasteiger partial charge in [0.15, 0.2) is 0 Å². The summed E-state index contributed by atoms with van der Waals surface area (Å²) in [5.41, 5.74) is 1.07. The summed E-state index contributed by atoms with van der Waals surface area (Å²) < 4.78 is 2.40. The zero-order valence-electron chi connectivity index (χ0n) is 10.2. The standard InChI is InChI=1S/C13H17I2NO/c1-13(2,3)12(8-17)16-7-9-4-10(14)6-11(15)5-9/h4-7,12,17H,8H2,1-3H3/t12-/m1/s1. The van der Waals surface area contributed by atoms with Crippen LogP contribution in [0, 0.1) is 12.6 Å². The van der Waals surface area contributed by atoms with Crippen LogP contribution in [0.25, 0.3) is 0 Å². The molecule has 0 saturated carbocycles. The van der Waals surface area contributed by atoms with E-state index in [-0.39, 0.29) is 18.1 Å². The van der Waals surface area contributed by atoms with Crippen molar-refractivity contribution in [3.8, 4) is 0 Å². The first-order valence-electron chi connectivity index (χ1n) is 5.43. The lowest BCUT2D eigenvalue weighted by atomic mass is 9.88. The van der Waals surface area contributed by atoms with E-state index in [9.17, 15) is 5.11 Å². The van der Waals surface area contributed by atoms with Gasteiger partial charge in [-0.2, -0.15) is 0 Å². The van der Waals surface area contributed by atoms with Crippen molar-refractivity contribution < 1.29 is 5.11 Å². The van der Waals surface area contributed by atoms with Gasteiger partial charge < -0.3 is 5.11 Å². The van der Waals surface area contributed by atoms with Gasteiger partial charge in [-0.05, 0) is 74.4 Å². The monoisotopic (exact) mass is 457 g/mol. The van der Waals surface area contributed by atoms with E-state index in [1.54, 1.807) is 0 Å². The highest BCUT2D eigenvalue weighted by atomic mass is 127.